The molecule has 3 heterocycles. The van der Waals surface area contributed by atoms with E-state index in [1.807, 2.05) is 16.8 Å². The van der Waals surface area contributed by atoms with Crippen LogP contribution in [-0.2, 0) is 6.54 Å². The van der Waals surface area contributed by atoms with E-state index in [0.29, 0.717) is 0 Å². The molecule has 0 saturated carbocycles. The first-order valence-electron chi connectivity index (χ1n) is 7.85. The van der Waals surface area contributed by atoms with Crippen LogP contribution in [0.15, 0.2) is 54.7 Å². The van der Waals surface area contributed by atoms with Gasteiger partial charge in [-0.2, -0.15) is 5.10 Å². The molecular weight excluding hydrogens is 272 g/mol. The Hall–Kier alpha value is -2.17. The van der Waals surface area contributed by atoms with Crippen molar-refractivity contribution >= 4 is 5.52 Å². The van der Waals surface area contributed by atoms with Gasteiger partial charge in [-0.3, -0.25) is 4.90 Å². The summed E-state index contributed by atoms with van der Waals surface area (Å²) >= 11 is 0. The number of benzene rings is 1. The van der Waals surface area contributed by atoms with Gasteiger partial charge in [-0.15, -0.1) is 0 Å². The summed E-state index contributed by atoms with van der Waals surface area (Å²) in [7, 11) is 0. The average Bonchev–Trinajstić information content (AvgIpc) is 3.05. The van der Waals surface area contributed by atoms with Crippen molar-refractivity contribution in [2.45, 2.75) is 6.54 Å². The second kappa shape index (κ2) is 5.91. The fourth-order valence-electron chi connectivity index (χ4n) is 3.08. The molecule has 4 rings (SSSR count). The van der Waals surface area contributed by atoms with Crippen LogP contribution in [-0.4, -0.2) is 40.7 Å². The fraction of sp³-hybridized carbons (Fsp3) is 0.278. The Morgan fingerprint density at radius 1 is 0.955 bits per heavy atom. The molecule has 0 amide bonds. The first kappa shape index (κ1) is 13.5. The Labute approximate surface area is 130 Å². The Morgan fingerprint density at radius 2 is 1.77 bits per heavy atom. The normalized spacial score (nSPS) is 16.2. The molecule has 4 nitrogen and oxygen atoms in total. The second-order valence-corrected chi connectivity index (χ2v) is 5.80. The van der Waals surface area contributed by atoms with Gasteiger partial charge in [-0.05, 0) is 23.8 Å². The number of aromatic nitrogens is 2. The smallest absolute Gasteiger partial charge is 0.0724 e. The van der Waals surface area contributed by atoms with Gasteiger partial charge < -0.3 is 5.32 Å². The number of pyridine rings is 1. The van der Waals surface area contributed by atoms with Crippen molar-refractivity contribution in [2.75, 3.05) is 26.2 Å². The Bertz CT molecular complexity index is 754. The van der Waals surface area contributed by atoms with E-state index < -0.39 is 0 Å². The van der Waals surface area contributed by atoms with Gasteiger partial charge in [0, 0.05) is 38.3 Å². The van der Waals surface area contributed by atoms with E-state index in [0.717, 1.165) is 43.9 Å². The molecule has 2 aromatic heterocycles. The maximum absolute atomic E-state index is 4.41. The third-order valence-electron chi connectivity index (χ3n) is 4.29. The monoisotopic (exact) mass is 292 g/mol. The van der Waals surface area contributed by atoms with E-state index in [1.165, 1.54) is 11.1 Å². The summed E-state index contributed by atoms with van der Waals surface area (Å²) < 4.78 is 1.99. The molecule has 22 heavy (non-hydrogen) atoms. The van der Waals surface area contributed by atoms with E-state index >= 15 is 0 Å². The van der Waals surface area contributed by atoms with Crippen molar-refractivity contribution in [2.24, 2.45) is 0 Å². The maximum atomic E-state index is 4.41. The van der Waals surface area contributed by atoms with Crippen LogP contribution >= 0.6 is 0 Å². The Balaban J connectivity index is 1.57. The van der Waals surface area contributed by atoms with Crippen LogP contribution in [0.5, 0.6) is 0 Å². The standard InChI is InChI=1S/C18H20N4/c1-2-17-8-9-20-22(17)18(3-1)16-6-4-15(5-7-16)14-21-12-10-19-11-13-21/h1-9,19H,10-14H2. The van der Waals surface area contributed by atoms with Crippen molar-refractivity contribution in [3.8, 4) is 11.3 Å². The Morgan fingerprint density at radius 3 is 2.59 bits per heavy atom. The van der Waals surface area contributed by atoms with Crippen LogP contribution in [0.25, 0.3) is 16.8 Å². The van der Waals surface area contributed by atoms with Crippen LogP contribution in [0.3, 0.4) is 0 Å². The molecule has 0 radical (unpaired) electrons. The summed E-state index contributed by atoms with van der Waals surface area (Å²) in [6.07, 6.45) is 1.84. The molecule has 1 aliphatic rings. The van der Waals surface area contributed by atoms with Crippen molar-refractivity contribution in [1.29, 1.82) is 0 Å². The predicted octanol–water partition coefficient (Wildman–Crippen LogP) is 2.41. The molecule has 1 N–H and O–H groups in total. The number of piperazine rings is 1. The average molecular weight is 292 g/mol. The number of hydrogen-bond donors (Lipinski definition) is 1. The molecule has 1 aromatic carbocycles. The van der Waals surface area contributed by atoms with Crippen molar-refractivity contribution < 1.29 is 0 Å². The molecular formula is C18H20N4. The van der Waals surface area contributed by atoms with Gasteiger partial charge in [-0.25, -0.2) is 4.52 Å². The SMILES string of the molecule is c1cc(-c2ccc(CN3CCNCC3)cc2)n2nccc2c1. The van der Waals surface area contributed by atoms with E-state index in [-0.39, 0.29) is 0 Å². The second-order valence-electron chi connectivity index (χ2n) is 5.80. The van der Waals surface area contributed by atoms with Crippen LogP contribution in [0.1, 0.15) is 5.56 Å². The summed E-state index contributed by atoms with van der Waals surface area (Å²) in [6.45, 7) is 5.50. The molecule has 0 unspecified atom stereocenters. The molecule has 1 aliphatic heterocycles. The van der Waals surface area contributed by atoms with E-state index in [9.17, 15) is 0 Å². The number of fused-ring (bicyclic) bond motifs is 1. The fourth-order valence-corrected chi connectivity index (χ4v) is 3.08. The van der Waals surface area contributed by atoms with Gasteiger partial charge in [0.05, 0.1) is 17.4 Å². The topological polar surface area (TPSA) is 32.6 Å². The lowest BCUT2D eigenvalue weighted by atomic mass is 10.1. The highest BCUT2D eigenvalue weighted by Gasteiger charge is 2.10. The molecule has 3 aromatic rings. The summed E-state index contributed by atoms with van der Waals surface area (Å²) in [6, 6.07) is 17.2. The minimum Gasteiger partial charge on any atom is -0.314 e. The van der Waals surface area contributed by atoms with E-state index in [2.05, 4.69) is 57.8 Å². The minimum atomic E-state index is 1.04. The van der Waals surface area contributed by atoms with E-state index in [4.69, 9.17) is 0 Å². The Kier molecular flexibility index (Phi) is 3.62. The lowest BCUT2D eigenvalue weighted by molar-refractivity contribution is 0.233. The first-order valence-corrected chi connectivity index (χ1v) is 7.85. The highest BCUT2D eigenvalue weighted by atomic mass is 15.2. The lowest BCUT2D eigenvalue weighted by Crippen LogP contribution is -2.42. The zero-order valence-corrected chi connectivity index (χ0v) is 12.6. The molecule has 1 fully saturated rings. The zero-order valence-electron chi connectivity index (χ0n) is 12.6. The molecule has 4 heteroatoms. The van der Waals surface area contributed by atoms with Crippen LogP contribution in [0.4, 0.5) is 0 Å². The van der Waals surface area contributed by atoms with Crippen molar-refractivity contribution in [3.63, 3.8) is 0 Å². The van der Waals surface area contributed by atoms with Crippen LogP contribution in [0.2, 0.25) is 0 Å². The quantitative estimate of drug-likeness (QED) is 0.804. The van der Waals surface area contributed by atoms with Gasteiger partial charge in [0.2, 0.25) is 0 Å². The van der Waals surface area contributed by atoms with Crippen molar-refractivity contribution in [3.05, 3.63) is 60.3 Å². The number of hydrogen-bond acceptors (Lipinski definition) is 3. The number of nitrogens with one attached hydrogen (secondary N) is 1. The molecule has 0 aliphatic carbocycles. The summed E-state index contributed by atoms with van der Waals surface area (Å²) in [5.41, 5.74) is 4.84. The molecule has 0 spiro atoms. The van der Waals surface area contributed by atoms with E-state index in [1.54, 1.807) is 0 Å². The molecule has 0 atom stereocenters. The van der Waals surface area contributed by atoms with Gasteiger partial charge in [-0.1, -0.05) is 30.3 Å². The zero-order chi connectivity index (χ0) is 14.8. The van der Waals surface area contributed by atoms with Crippen LogP contribution < -0.4 is 5.32 Å². The van der Waals surface area contributed by atoms with Gasteiger partial charge in [0.25, 0.3) is 0 Å². The van der Waals surface area contributed by atoms with Gasteiger partial charge in [0.15, 0.2) is 0 Å². The minimum absolute atomic E-state index is 1.04. The number of nitrogens with zero attached hydrogens (tertiary/aromatic N) is 3. The summed E-state index contributed by atoms with van der Waals surface area (Å²) in [4.78, 5) is 2.50. The maximum Gasteiger partial charge on any atom is 0.0724 e. The van der Waals surface area contributed by atoms with Gasteiger partial charge in [0.1, 0.15) is 0 Å². The third-order valence-corrected chi connectivity index (χ3v) is 4.29. The van der Waals surface area contributed by atoms with Gasteiger partial charge >= 0.3 is 0 Å². The summed E-state index contributed by atoms with van der Waals surface area (Å²) in [5.74, 6) is 0. The predicted molar refractivity (Wildman–Crippen MR) is 88.8 cm³/mol. The van der Waals surface area contributed by atoms with Crippen LogP contribution in [0, 0.1) is 0 Å². The lowest BCUT2D eigenvalue weighted by Gasteiger charge is -2.27. The summed E-state index contributed by atoms with van der Waals surface area (Å²) in [5, 5.41) is 7.81. The van der Waals surface area contributed by atoms with Crippen molar-refractivity contribution in [1.82, 2.24) is 19.8 Å². The largest absolute Gasteiger partial charge is 0.314 e. The third kappa shape index (κ3) is 2.63. The highest BCUT2D eigenvalue weighted by Crippen LogP contribution is 2.21. The number of rotatable bonds is 3. The highest BCUT2D eigenvalue weighted by molar-refractivity contribution is 5.64. The molecule has 1 saturated heterocycles. The molecule has 112 valence electrons. The first-order chi connectivity index (χ1) is 10.9. The molecule has 0 bridgehead atoms.